The van der Waals surface area contributed by atoms with E-state index in [1.165, 1.54) is 7.11 Å². The number of nitrogens with zero attached hydrogens (tertiary/aromatic N) is 1. The van der Waals surface area contributed by atoms with Crippen molar-refractivity contribution < 1.29 is 9.53 Å². The fourth-order valence-electron chi connectivity index (χ4n) is 1.89. The Balaban J connectivity index is 2.42. The number of nitriles is 1. The minimum Gasteiger partial charge on any atom is -0.496 e. The maximum absolute atomic E-state index is 12.5. The van der Waals surface area contributed by atoms with Gasteiger partial charge in [0.05, 0.1) is 12.7 Å². The lowest BCUT2D eigenvalue weighted by atomic mass is 10.0. The number of halogens is 1. The number of hydrogen-bond donors (Lipinski definition) is 0. The normalized spacial score (nSPS) is 10.8. The van der Waals surface area contributed by atoms with Gasteiger partial charge in [-0.05, 0) is 35.9 Å². The lowest BCUT2D eigenvalue weighted by Gasteiger charge is -2.06. The van der Waals surface area contributed by atoms with E-state index in [1.807, 2.05) is 30.3 Å². The molecule has 104 valence electrons. The first kappa shape index (κ1) is 15.0. The number of benzene rings is 2. The molecule has 0 aliphatic heterocycles. The van der Waals surface area contributed by atoms with Crippen molar-refractivity contribution in [2.45, 2.75) is 0 Å². The first-order chi connectivity index (χ1) is 10.2. The van der Waals surface area contributed by atoms with Crippen LogP contribution in [0.25, 0.3) is 6.08 Å². The Bertz CT molecular complexity index is 744. The molecule has 0 aliphatic rings. The third-order valence-electron chi connectivity index (χ3n) is 2.88. The van der Waals surface area contributed by atoms with Gasteiger partial charge in [-0.3, -0.25) is 4.79 Å². The van der Waals surface area contributed by atoms with Gasteiger partial charge in [0.15, 0.2) is 0 Å². The number of rotatable bonds is 4. The standard InChI is InChI=1S/C17H12BrNO2/c1-21-16-8-3-2-7-15(16)17(20)13(11-19)9-12-5-4-6-14(18)10-12/h2-10H,1H3/b13-9+. The molecular weight excluding hydrogens is 330 g/mol. The second kappa shape index (κ2) is 6.87. The summed E-state index contributed by atoms with van der Waals surface area (Å²) in [4.78, 5) is 12.5. The molecule has 0 aliphatic carbocycles. The molecule has 0 spiro atoms. The van der Waals surface area contributed by atoms with Crippen molar-refractivity contribution in [2.24, 2.45) is 0 Å². The Labute approximate surface area is 131 Å². The SMILES string of the molecule is COc1ccccc1C(=O)/C(C#N)=C/c1cccc(Br)c1. The van der Waals surface area contributed by atoms with Crippen molar-refractivity contribution in [2.75, 3.05) is 7.11 Å². The van der Waals surface area contributed by atoms with Gasteiger partial charge in [-0.25, -0.2) is 0 Å². The van der Waals surface area contributed by atoms with Crippen LogP contribution in [0, 0.1) is 11.3 Å². The highest BCUT2D eigenvalue weighted by Crippen LogP contribution is 2.22. The predicted molar refractivity (Wildman–Crippen MR) is 85.1 cm³/mol. The van der Waals surface area contributed by atoms with Gasteiger partial charge in [-0.2, -0.15) is 5.26 Å². The molecule has 0 fully saturated rings. The number of carbonyl (C=O) groups is 1. The van der Waals surface area contributed by atoms with Gasteiger partial charge < -0.3 is 4.74 Å². The fraction of sp³-hybridized carbons (Fsp3) is 0.0588. The molecule has 0 saturated heterocycles. The second-order valence-corrected chi connectivity index (χ2v) is 5.17. The minimum absolute atomic E-state index is 0.0672. The topological polar surface area (TPSA) is 50.1 Å². The van der Waals surface area contributed by atoms with Gasteiger partial charge in [0.1, 0.15) is 17.4 Å². The maximum atomic E-state index is 12.5. The van der Waals surface area contributed by atoms with E-state index in [4.69, 9.17) is 4.74 Å². The summed E-state index contributed by atoms with van der Waals surface area (Å²) >= 11 is 3.36. The molecule has 0 heterocycles. The van der Waals surface area contributed by atoms with Crippen molar-refractivity contribution in [1.82, 2.24) is 0 Å². The van der Waals surface area contributed by atoms with Crippen LogP contribution in [0.4, 0.5) is 0 Å². The number of allylic oxidation sites excluding steroid dienone is 1. The number of ether oxygens (including phenoxy) is 1. The van der Waals surface area contributed by atoms with E-state index in [2.05, 4.69) is 15.9 Å². The first-order valence-corrected chi connectivity index (χ1v) is 7.00. The van der Waals surface area contributed by atoms with Crippen LogP contribution in [0.2, 0.25) is 0 Å². The molecule has 0 amide bonds. The van der Waals surface area contributed by atoms with Gasteiger partial charge >= 0.3 is 0 Å². The largest absolute Gasteiger partial charge is 0.496 e. The summed E-state index contributed by atoms with van der Waals surface area (Å²) in [5, 5.41) is 9.26. The van der Waals surface area contributed by atoms with Crippen molar-refractivity contribution in [3.05, 3.63) is 69.7 Å². The Hall–Kier alpha value is -2.38. The third kappa shape index (κ3) is 3.59. The average molecular weight is 342 g/mol. The van der Waals surface area contributed by atoms with Crippen LogP contribution in [0.1, 0.15) is 15.9 Å². The highest BCUT2D eigenvalue weighted by Gasteiger charge is 2.16. The number of carbonyl (C=O) groups excluding carboxylic acids is 1. The molecule has 2 aromatic carbocycles. The van der Waals surface area contributed by atoms with E-state index in [0.29, 0.717) is 11.3 Å². The quantitative estimate of drug-likeness (QED) is 0.474. The van der Waals surface area contributed by atoms with E-state index >= 15 is 0 Å². The van der Waals surface area contributed by atoms with Crippen LogP contribution < -0.4 is 4.74 Å². The van der Waals surface area contributed by atoms with Crippen LogP contribution in [0.5, 0.6) is 5.75 Å². The van der Waals surface area contributed by atoms with Gasteiger partial charge in [0, 0.05) is 4.47 Å². The monoisotopic (exact) mass is 341 g/mol. The zero-order valence-corrected chi connectivity index (χ0v) is 12.9. The summed E-state index contributed by atoms with van der Waals surface area (Å²) < 4.78 is 6.05. The third-order valence-corrected chi connectivity index (χ3v) is 3.37. The summed E-state index contributed by atoms with van der Waals surface area (Å²) in [6, 6.07) is 16.2. The molecule has 0 N–H and O–H groups in total. The van der Waals surface area contributed by atoms with E-state index in [0.717, 1.165) is 10.0 Å². The molecule has 3 nitrogen and oxygen atoms in total. The zero-order chi connectivity index (χ0) is 15.2. The first-order valence-electron chi connectivity index (χ1n) is 6.21. The summed E-state index contributed by atoms with van der Waals surface area (Å²) in [5.41, 5.74) is 1.23. The van der Waals surface area contributed by atoms with Gasteiger partial charge in [-0.1, -0.05) is 40.2 Å². The molecule has 4 heteroatoms. The fourth-order valence-corrected chi connectivity index (χ4v) is 2.31. The Kier molecular flexibility index (Phi) is 4.91. The summed E-state index contributed by atoms with van der Waals surface area (Å²) in [5.74, 6) is 0.104. The van der Waals surface area contributed by atoms with Gasteiger partial charge in [-0.15, -0.1) is 0 Å². The Morgan fingerprint density at radius 3 is 2.67 bits per heavy atom. The molecule has 0 bridgehead atoms. The lowest BCUT2D eigenvalue weighted by molar-refractivity contribution is 0.103. The molecule has 2 aromatic rings. The van der Waals surface area contributed by atoms with Gasteiger partial charge in [0.25, 0.3) is 0 Å². The minimum atomic E-state index is -0.352. The Morgan fingerprint density at radius 2 is 2.00 bits per heavy atom. The smallest absolute Gasteiger partial charge is 0.207 e. The highest BCUT2D eigenvalue weighted by molar-refractivity contribution is 9.10. The van der Waals surface area contributed by atoms with Crippen LogP contribution in [0.15, 0.2) is 58.6 Å². The van der Waals surface area contributed by atoms with Crippen molar-refractivity contribution in [3.63, 3.8) is 0 Å². The molecule has 2 rings (SSSR count). The van der Waals surface area contributed by atoms with Crippen LogP contribution in [0.3, 0.4) is 0 Å². The highest BCUT2D eigenvalue weighted by atomic mass is 79.9. The summed E-state index contributed by atoms with van der Waals surface area (Å²) in [6.45, 7) is 0. The number of Topliss-reactive ketones (excluding diaryl/α,β-unsaturated/α-hetero) is 1. The zero-order valence-electron chi connectivity index (χ0n) is 11.3. The average Bonchev–Trinajstić information content (AvgIpc) is 2.52. The van der Waals surface area contributed by atoms with Crippen LogP contribution in [-0.2, 0) is 0 Å². The van der Waals surface area contributed by atoms with Crippen molar-refractivity contribution in [1.29, 1.82) is 5.26 Å². The second-order valence-electron chi connectivity index (χ2n) is 4.25. The number of ketones is 1. The van der Waals surface area contributed by atoms with Gasteiger partial charge in [0.2, 0.25) is 5.78 Å². The van der Waals surface area contributed by atoms with E-state index in [-0.39, 0.29) is 11.4 Å². The van der Waals surface area contributed by atoms with Crippen LogP contribution in [-0.4, -0.2) is 12.9 Å². The predicted octanol–water partition coefficient (Wildman–Crippen LogP) is 4.25. The molecule has 0 unspecified atom stereocenters. The van der Waals surface area contributed by atoms with E-state index < -0.39 is 0 Å². The Morgan fingerprint density at radius 1 is 1.24 bits per heavy atom. The molecular formula is C17H12BrNO2. The summed E-state index contributed by atoms with van der Waals surface area (Å²) in [6.07, 6.45) is 1.57. The lowest BCUT2D eigenvalue weighted by Crippen LogP contribution is -2.04. The molecule has 0 radical (unpaired) electrons. The molecule has 0 saturated carbocycles. The van der Waals surface area contributed by atoms with Crippen molar-refractivity contribution >= 4 is 27.8 Å². The van der Waals surface area contributed by atoms with Crippen LogP contribution >= 0.6 is 15.9 Å². The molecule has 0 aromatic heterocycles. The summed E-state index contributed by atoms with van der Waals surface area (Å²) in [7, 11) is 1.50. The molecule has 21 heavy (non-hydrogen) atoms. The molecule has 0 atom stereocenters. The van der Waals surface area contributed by atoms with E-state index in [9.17, 15) is 10.1 Å². The number of methoxy groups -OCH3 is 1. The van der Waals surface area contributed by atoms with E-state index in [1.54, 1.807) is 30.3 Å². The number of hydrogen-bond acceptors (Lipinski definition) is 3. The number of para-hydroxylation sites is 1. The maximum Gasteiger partial charge on any atom is 0.207 e. The van der Waals surface area contributed by atoms with Crippen molar-refractivity contribution in [3.8, 4) is 11.8 Å².